The normalized spacial score (nSPS) is 22.4. The third-order valence-electron chi connectivity index (χ3n) is 3.61. The molecule has 106 valence electrons. The van der Waals surface area contributed by atoms with Gasteiger partial charge in [-0.1, -0.05) is 30.3 Å². The van der Waals surface area contributed by atoms with Crippen LogP contribution in [0.1, 0.15) is 25.3 Å². The van der Waals surface area contributed by atoms with Gasteiger partial charge in [0.05, 0.1) is 0 Å². The van der Waals surface area contributed by atoms with E-state index >= 15 is 0 Å². The quantitative estimate of drug-likeness (QED) is 0.924. The summed E-state index contributed by atoms with van der Waals surface area (Å²) in [5, 5.41) is 3.38. The van der Waals surface area contributed by atoms with Crippen LogP contribution in [0.4, 0.5) is 0 Å². The molecule has 1 aliphatic rings. The van der Waals surface area contributed by atoms with Crippen LogP contribution in [0.2, 0.25) is 0 Å². The highest BCUT2D eigenvalue weighted by atomic mass is 35.5. The number of hydrogen-bond acceptors (Lipinski definition) is 2. The molecular formula is C15H23ClN2O. The zero-order valence-corrected chi connectivity index (χ0v) is 12.5. The molecule has 1 saturated heterocycles. The van der Waals surface area contributed by atoms with E-state index in [2.05, 4.69) is 24.4 Å². The minimum Gasteiger partial charge on any atom is -0.341 e. The van der Waals surface area contributed by atoms with E-state index in [0.717, 1.165) is 19.4 Å². The monoisotopic (exact) mass is 282 g/mol. The number of halogens is 1. The van der Waals surface area contributed by atoms with Crippen molar-refractivity contribution in [1.82, 2.24) is 10.2 Å². The average Bonchev–Trinajstić information content (AvgIpc) is 2.39. The predicted molar refractivity (Wildman–Crippen MR) is 80.4 cm³/mol. The second kappa shape index (κ2) is 7.51. The zero-order valence-electron chi connectivity index (χ0n) is 11.6. The molecule has 1 amide bonds. The molecule has 1 fully saturated rings. The lowest BCUT2D eigenvalue weighted by Gasteiger charge is -2.30. The first-order chi connectivity index (χ1) is 8.66. The lowest BCUT2D eigenvalue weighted by molar-refractivity contribution is -0.135. The van der Waals surface area contributed by atoms with Gasteiger partial charge >= 0.3 is 0 Å². The summed E-state index contributed by atoms with van der Waals surface area (Å²) in [6.07, 6.45) is 1.92. The summed E-state index contributed by atoms with van der Waals surface area (Å²) >= 11 is 0. The molecule has 0 bridgehead atoms. The maximum atomic E-state index is 12.3. The Kier molecular flexibility index (Phi) is 6.32. The highest BCUT2D eigenvalue weighted by Gasteiger charge is 2.26. The van der Waals surface area contributed by atoms with Gasteiger partial charge in [-0.25, -0.2) is 0 Å². The number of carbonyl (C=O) groups is 1. The van der Waals surface area contributed by atoms with Crippen molar-refractivity contribution in [2.45, 2.75) is 32.4 Å². The van der Waals surface area contributed by atoms with Crippen molar-refractivity contribution in [2.75, 3.05) is 13.6 Å². The predicted octanol–water partition coefficient (Wildman–Crippen LogP) is 2.45. The number of nitrogens with one attached hydrogen (secondary N) is 1. The zero-order chi connectivity index (χ0) is 13.0. The number of piperidine rings is 1. The number of rotatable bonds is 3. The minimum absolute atomic E-state index is 0. The van der Waals surface area contributed by atoms with Crippen LogP contribution >= 0.6 is 12.4 Å². The topological polar surface area (TPSA) is 32.3 Å². The Bertz CT molecular complexity index is 396. The molecule has 2 atom stereocenters. The first-order valence-corrected chi connectivity index (χ1v) is 6.69. The summed E-state index contributed by atoms with van der Waals surface area (Å²) in [5.41, 5.74) is 1.19. The van der Waals surface area contributed by atoms with Gasteiger partial charge in [-0.3, -0.25) is 4.79 Å². The molecule has 1 heterocycles. The van der Waals surface area contributed by atoms with Gasteiger partial charge in [0.15, 0.2) is 0 Å². The Morgan fingerprint density at radius 2 is 2.05 bits per heavy atom. The second-order valence-electron chi connectivity index (χ2n) is 5.26. The summed E-state index contributed by atoms with van der Waals surface area (Å²) in [7, 11) is 1.90. The summed E-state index contributed by atoms with van der Waals surface area (Å²) < 4.78 is 0. The highest BCUT2D eigenvalue weighted by Crippen LogP contribution is 2.19. The number of hydrogen-bond donors (Lipinski definition) is 1. The van der Waals surface area contributed by atoms with Crippen molar-refractivity contribution in [3.63, 3.8) is 0 Å². The molecule has 0 aliphatic carbocycles. The maximum absolute atomic E-state index is 12.3. The summed E-state index contributed by atoms with van der Waals surface area (Å²) in [6, 6.07) is 10.6. The van der Waals surface area contributed by atoms with Gasteiger partial charge in [-0.15, -0.1) is 12.4 Å². The molecule has 1 aromatic carbocycles. The van der Waals surface area contributed by atoms with E-state index in [1.54, 1.807) is 0 Å². The SMILES string of the molecule is C[C@H]1C[C@@H](C(=O)N(C)Cc2ccccc2)CCN1.Cl. The van der Waals surface area contributed by atoms with Crippen LogP contribution in [0.25, 0.3) is 0 Å². The molecule has 2 rings (SSSR count). The number of amides is 1. The fourth-order valence-electron chi connectivity index (χ4n) is 2.60. The Balaban J connectivity index is 0.00000180. The van der Waals surface area contributed by atoms with Gasteiger partial charge in [0, 0.05) is 25.6 Å². The van der Waals surface area contributed by atoms with Crippen LogP contribution in [0.3, 0.4) is 0 Å². The van der Waals surface area contributed by atoms with Gasteiger partial charge < -0.3 is 10.2 Å². The summed E-state index contributed by atoms with van der Waals surface area (Å²) in [4.78, 5) is 14.2. The standard InChI is InChI=1S/C15H22N2O.ClH/c1-12-10-14(8-9-16-12)15(18)17(2)11-13-6-4-3-5-7-13;/h3-7,12,14,16H,8-11H2,1-2H3;1H/t12-,14-;/m0./s1. The van der Waals surface area contributed by atoms with Crippen LogP contribution < -0.4 is 5.32 Å². The molecule has 0 spiro atoms. The molecule has 0 radical (unpaired) electrons. The Labute approximate surface area is 121 Å². The minimum atomic E-state index is 0. The number of carbonyl (C=O) groups excluding carboxylic acids is 1. The molecule has 0 aromatic heterocycles. The van der Waals surface area contributed by atoms with Crippen molar-refractivity contribution >= 4 is 18.3 Å². The van der Waals surface area contributed by atoms with Crippen molar-refractivity contribution in [2.24, 2.45) is 5.92 Å². The lowest BCUT2D eigenvalue weighted by Crippen LogP contribution is -2.42. The smallest absolute Gasteiger partial charge is 0.225 e. The third-order valence-corrected chi connectivity index (χ3v) is 3.61. The fraction of sp³-hybridized carbons (Fsp3) is 0.533. The molecule has 3 nitrogen and oxygen atoms in total. The number of nitrogens with zero attached hydrogens (tertiary/aromatic N) is 1. The maximum Gasteiger partial charge on any atom is 0.225 e. The van der Waals surface area contributed by atoms with Crippen LogP contribution in [0, 0.1) is 5.92 Å². The first-order valence-electron chi connectivity index (χ1n) is 6.69. The van der Waals surface area contributed by atoms with Crippen LogP contribution in [-0.2, 0) is 11.3 Å². The van der Waals surface area contributed by atoms with Crippen LogP contribution in [0.15, 0.2) is 30.3 Å². The van der Waals surface area contributed by atoms with Gasteiger partial charge in [0.2, 0.25) is 5.91 Å². The van der Waals surface area contributed by atoms with Gasteiger partial charge in [-0.05, 0) is 31.9 Å². The lowest BCUT2D eigenvalue weighted by atomic mass is 9.92. The van der Waals surface area contributed by atoms with Crippen molar-refractivity contribution in [3.8, 4) is 0 Å². The van der Waals surface area contributed by atoms with Crippen molar-refractivity contribution in [1.29, 1.82) is 0 Å². The largest absolute Gasteiger partial charge is 0.341 e. The third kappa shape index (κ3) is 4.51. The van der Waals surface area contributed by atoms with Gasteiger partial charge in [-0.2, -0.15) is 0 Å². The van der Waals surface area contributed by atoms with E-state index in [4.69, 9.17) is 0 Å². The van der Waals surface area contributed by atoms with Gasteiger partial charge in [0.25, 0.3) is 0 Å². The van der Waals surface area contributed by atoms with Crippen LogP contribution in [-0.4, -0.2) is 30.4 Å². The van der Waals surface area contributed by atoms with Crippen molar-refractivity contribution in [3.05, 3.63) is 35.9 Å². The molecule has 1 aliphatic heterocycles. The van der Waals surface area contributed by atoms with E-state index in [0.29, 0.717) is 12.6 Å². The highest BCUT2D eigenvalue weighted by molar-refractivity contribution is 5.85. The molecule has 4 heteroatoms. The van der Waals surface area contributed by atoms with E-state index in [1.165, 1.54) is 5.56 Å². The van der Waals surface area contributed by atoms with E-state index in [1.807, 2.05) is 30.1 Å². The molecule has 0 unspecified atom stereocenters. The van der Waals surface area contributed by atoms with E-state index < -0.39 is 0 Å². The summed E-state index contributed by atoms with van der Waals surface area (Å²) in [5.74, 6) is 0.474. The molecule has 1 aromatic rings. The van der Waals surface area contributed by atoms with Crippen molar-refractivity contribution < 1.29 is 4.79 Å². The second-order valence-corrected chi connectivity index (χ2v) is 5.26. The molecule has 19 heavy (non-hydrogen) atoms. The molecular weight excluding hydrogens is 260 g/mol. The summed E-state index contributed by atoms with van der Waals surface area (Å²) in [6.45, 7) is 3.81. The fourth-order valence-corrected chi connectivity index (χ4v) is 2.60. The average molecular weight is 283 g/mol. The van der Waals surface area contributed by atoms with E-state index in [-0.39, 0.29) is 24.2 Å². The number of benzene rings is 1. The molecule has 1 N–H and O–H groups in total. The van der Waals surface area contributed by atoms with E-state index in [9.17, 15) is 4.79 Å². The van der Waals surface area contributed by atoms with Gasteiger partial charge in [0.1, 0.15) is 0 Å². The molecule has 0 saturated carbocycles. The Hall–Kier alpha value is -1.06. The van der Waals surface area contributed by atoms with Crippen LogP contribution in [0.5, 0.6) is 0 Å². The Morgan fingerprint density at radius 1 is 1.37 bits per heavy atom. The first kappa shape index (κ1) is 16.0. The Morgan fingerprint density at radius 3 is 2.68 bits per heavy atom.